The Hall–Kier alpha value is -2.76. The minimum atomic E-state index is -0.605. The molecule has 1 atom stereocenters. The van der Waals surface area contributed by atoms with Crippen LogP contribution >= 0.6 is 23.4 Å². The van der Waals surface area contributed by atoms with Crippen molar-refractivity contribution in [3.8, 4) is 0 Å². The van der Waals surface area contributed by atoms with Gasteiger partial charge in [-0.05, 0) is 42.2 Å². The first kappa shape index (κ1) is 27.8. The van der Waals surface area contributed by atoms with Crippen LogP contribution in [0.5, 0.6) is 0 Å². The molecule has 0 saturated heterocycles. The van der Waals surface area contributed by atoms with E-state index >= 15 is 0 Å². The van der Waals surface area contributed by atoms with E-state index in [-0.39, 0.29) is 11.8 Å². The SMILES string of the molecule is CCCCNC(=O)[C@H](Cc1ccccc1)N(Cc1ccc(Cl)cc1)C(=O)CSCc1cccc(C)c1. The van der Waals surface area contributed by atoms with Gasteiger partial charge in [-0.3, -0.25) is 9.59 Å². The van der Waals surface area contributed by atoms with E-state index in [1.807, 2.05) is 60.7 Å². The Bertz CT molecular complexity index is 1110. The molecule has 0 aliphatic heterocycles. The smallest absolute Gasteiger partial charge is 0.243 e. The van der Waals surface area contributed by atoms with Crippen LogP contribution in [0.1, 0.15) is 42.0 Å². The first-order chi connectivity index (χ1) is 17.5. The van der Waals surface area contributed by atoms with Crippen LogP contribution < -0.4 is 5.32 Å². The van der Waals surface area contributed by atoms with Crippen LogP contribution in [0.25, 0.3) is 0 Å². The van der Waals surface area contributed by atoms with Crippen molar-refractivity contribution in [2.45, 2.75) is 51.4 Å². The topological polar surface area (TPSA) is 49.4 Å². The largest absolute Gasteiger partial charge is 0.354 e. The fraction of sp³-hybridized carbons (Fsp3) is 0.333. The maximum absolute atomic E-state index is 13.6. The molecule has 190 valence electrons. The van der Waals surface area contributed by atoms with Gasteiger partial charge in [0.1, 0.15) is 6.04 Å². The molecule has 0 aliphatic carbocycles. The van der Waals surface area contributed by atoms with E-state index in [4.69, 9.17) is 11.6 Å². The summed E-state index contributed by atoms with van der Waals surface area (Å²) in [4.78, 5) is 28.8. The zero-order valence-corrected chi connectivity index (χ0v) is 22.7. The van der Waals surface area contributed by atoms with Crippen molar-refractivity contribution in [1.82, 2.24) is 10.2 Å². The second-order valence-electron chi connectivity index (χ2n) is 8.98. The molecule has 1 N–H and O–H groups in total. The van der Waals surface area contributed by atoms with Gasteiger partial charge in [0.2, 0.25) is 11.8 Å². The molecule has 6 heteroatoms. The van der Waals surface area contributed by atoms with Crippen LogP contribution in [0.2, 0.25) is 5.02 Å². The number of amides is 2. The number of benzene rings is 3. The normalized spacial score (nSPS) is 11.6. The monoisotopic (exact) mass is 522 g/mol. The fourth-order valence-electron chi connectivity index (χ4n) is 3.99. The molecular formula is C30H35ClN2O2S. The minimum Gasteiger partial charge on any atom is -0.354 e. The van der Waals surface area contributed by atoms with Gasteiger partial charge in [-0.2, -0.15) is 0 Å². The van der Waals surface area contributed by atoms with Gasteiger partial charge in [0.15, 0.2) is 0 Å². The third kappa shape index (κ3) is 9.03. The molecule has 0 fully saturated rings. The van der Waals surface area contributed by atoms with Gasteiger partial charge in [0, 0.05) is 30.3 Å². The van der Waals surface area contributed by atoms with Crippen molar-refractivity contribution in [2.24, 2.45) is 0 Å². The van der Waals surface area contributed by atoms with Gasteiger partial charge in [-0.25, -0.2) is 0 Å². The van der Waals surface area contributed by atoms with Crippen molar-refractivity contribution in [1.29, 1.82) is 0 Å². The molecule has 36 heavy (non-hydrogen) atoms. The van der Waals surface area contributed by atoms with Gasteiger partial charge in [0.05, 0.1) is 5.75 Å². The van der Waals surface area contributed by atoms with Gasteiger partial charge >= 0.3 is 0 Å². The van der Waals surface area contributed by atoms with Crippen molar-refractivity contribution in [3.63, 3.8) is 0 Å². The maximum atomic E-state index is 13.6. The Balaban J connectivity index is 1.82. The lowest BCUT2D eigenvalue weighted by atomic mass is 10.0. The molecule has 3 rings (SSSR count). The number of unbranched alkanes of at least 4 members (excludes halogenated alkanes) is 1. The molecule has 0 saturated carbocycles. The second-order valence-corrected chi connectivity index (χ2v) is 10.4. The molecule has 0 aromatic heterocycles. The van der Waals surface area contributed by atoms with E-state index in [2.05, 4.69) is 37.4 Å². The summed E-state index contributed by atoms with van der Waals surface area (Å²) in [5.74, 6) is 0.885. The third-order valence-corrected chi connectivity index (χ3v) is 7.18. The first-order valence-electron chi connectivity index (χ1n) is 12.4. The molecule has 0 radical (unpaired) electrons. The van der Waals surface area contributed by atoms with Crippen molar-refractivity contribution in [2.75, 3.05) is 12.3 Å². The molecule has 0 unspecified atom stereocenters. The molecule has 4 nitrogen and oxygen atoms in total. The number of carbonyl (C=O) groups is 2. The number of nitrogens with one attached hydrogen (secondary N) is 1. The van der Waals surface area contributed by atoms with E-state index in [1.54, 1.807) is 16.7 Å². The van der Waals surface area contributed by atoms with E-state index in [0.29, 0.717) is 30.3 Å². The second kappa shape index (κ2) is 14.7. The molecule has 0 spiro atoms. The average molecular weight is 523 g/mol. The average Bonchev–Trinajstić information content (AvgIpc) is 2.88. The number of hydrogen-bond donors (Lipinski definition) is 1. The third-order valence-electron chi connectivity index (χ3n) is 5.94. The molecule has 0 bridgehead atoms. The Labute approximate surface area is 224 Å². The van der Waals surface area contributed by atoms with Crippen molar-refractivity contribution < 1.29 is 9.59 Å². The van der Waals surface area contributed by atoms with Crippen molar-refractivity contribution in [3.05, 3.63) is 106 Å². The Morgan fingerprint density at radius 1 is 0.944 bits per heavy atom. The molecule has 2 amide bonds. The molecular weight excluding hydrogens is 488 g/mol. The maximum Gasteiger partial charge on any atom is 0.243 e. The molecule has 0 heterocycles. The zero-order chi connectivity index (χ0) is 25.8. The van der Waals surface area contributed by atoms with Gasteiger partial charge in [-0.1, -0.05) is 97.2 Å². The molecule has 3 aromatic carbocycles. The summed E-state index contributed by atoms with van der Waals surface area (Å²) >= 11 is 7.67. The van der Waals surface area contributed by atoms with Crippen LogP contribution in [-0.2, 0) is 28.3 Å². The fourth-order valence-corrected chi connectivity index (χ4v) is 4.97. The number of nitrogens with zero attached hydrogens (tertiary/aromatic N) is 1. The first-order valence-corrected chi connectivity index (χ1v) is 14.0. The highest BCUT2D eigenvalue weighted by molar-refractivity contribution is 7.99. The lowest BCUT2D eigenvalue weighted by Crippen LogP contribution is -2.51. The lowest BCUT2D eigenvalue weighted by molar-refractivity contribution is -0.139. The van der Waals surface area contributed by atoms with Crippen LogP contribution in [-0.4, -0.2) is 35.1 Å². The summed E-state index contributed by atoms with van der Waals surface area (Å²) < 4.78 is 0. The van der Waals surface area contributed by atoms with E-state index < -0.39 is 6.04 Å². The zero-order valence-electron chi connectivity index (χ0n) is 21.1. The summed E-state index contributed by atoms with van der Waals surface area (Å²) in [7, 11) is 0. The van der Waals surface area contributed by atoms with Gasteiger partial charge in [-0.15, -0.1) is 11.8 Å². The molecule has 3 aromatic rings. The highest BCUT2D eigenvalue weighted by atomic mass is 35.5. The summed E-state index contributed by atoms with van der Waals surface area (Å²) in [5, 5.41) is 3.70. The number of halogens is 1. The highest BCUT2D eigenvalue weighted by Crippen LogP contribution is 2.20. The molecule has 0 aliphatic rings. The number of rotatable bonds is 13. The van der Waals surface area contributed by atoms with Crippen LogP contribution in [0.3, 0.4) is 0 Å². The highest BCUT2D eigenvalue weighted by Gasteiger charge is 2.30. The van der Waals surface area contributed by atoms with Crippen LogP contribution in [0.4, 0.5) is 0 Å². The van der Waals surface area contributed by atoms with Crippen LogP contribution in [0.15, 0.2) is 78.9 Å². The van der Waals surface area contributed by atoms with E-state index in [1.165, 1.54) is 11.1 Å². The predicted molar refractivity (Wildman–Crippen MR) is 151 cm³/mol. The number of thioether (sulfide) groups is 1. The Morgan fingerprint density at radius 3 is 2.36 bits per heavy atom. The summed E-state index contributed by atoms with van der Waals surface area (Å²) in [5.41, 5.74) is 4.36. The Morgan fingerprint density at radius 2 is 1.67 bits per heavy atom. The van der Waals surface area contributed by atoms with Crippen molar-refractivity contribution >= 4 is 35.2 Å². The van der Waals surface area contributed by atoms with E-state index in [0.717, 1.165) is 29.7 Å². The minimum absolute atomic E-state index is 0.0471. The summed E-state index contributed by atoms with van der Waals surface area (Å²) in [6.07, 6.45) is 2.36. The standard InChI is InChI=1S/C30H35ClN2O2S/c1-3-4-17-32-30(35)28(19-24-10-6-5-7-11-24)33(20-25-13-15-27(31)16-14-25)29(34)22-36-21-26-12-8-9-23(2)18-26/h5-16,18,28H,3-4,17,19-22H2,1-2H3,(H,32,35)/t28-/m0/s1. The van der Waals surface area contributed by atoms with E-state index in [9.17, 15) is 9.59 Å². The Kier molecular flexibility index (Phi) is 11.4. The van der Waals surface area contributed by atoms with Gasteiger partial charge in [0.25, 0.3) is 0 Å². The number of aryl methyl sites for hydroxylation is 1. The number of carbonyl (C=O) groups excluding carboxylic acids is 2. The van der Waals surface area contributed by atoms with Crippen LogP contribution in [0, 0.1) is 6.92 Å². The predicted octanol–water partition coefficient (Wildman–Crippen LogP) is 6.44. The van der Waals surface area contributed by atoms with Gasteiger partial charge < -0.3 is 10.2 Å². The lowest BCUT2D eigenvalue weighted by Gasteiger charge is -2.31. The summed E-state index contributed by atoms with van der Waals surface area (Å²) in [6.45, 7) is 5.11. The summed E-state index contributed by atoms with van der Waals surface area (Å²) in [6, 6.07) is 25.1. The number of hydrogen-bond acceptors (Lipinski definition) is 3. The quantitative estimate of drug-likeness (QED) is 0.263.